The zero-order valence-corrected chi connectivity index (χ0v) is 18.9. The maximum Gasteiger partial charge on any atom is 0.146 e. The van der Waals surface area contributed by atoms with Crippen LogP contribution in [0.15, 0.2) is 54.0 Å². The minimum absolute atomic E-state index is 0.366. The summed E-state index contributed by atoms with van der Waals surface area (Å²) in [5.41, 5.74) is 3.11. The van der Waals surface area contributed by atoms with E-state index in [4.69, 9.17) is 14.7 Å². The van der Waals surface area contributed by atoms with Crippen molar-refractivity contribution in [2.75, 3.05) is 38.2 Å². The summed E-state index contributed by atoms with van der Waals surface area (Å²) in [4.78, 5) is 13.1. The number of thiophene rings is 1. The third-order valence-corrected chi connectivity index (χ3v) is 6.69. The van der Waals surface area contributed by atoms with Gasteiger partial charge in [-0.3, -0.25) is 4.90 Å². The van der Waals surface area contributed by atoms with Crippen molar-refractivity contribution in [2.24, 2.45) is 7.05 Å². The SMILES string of the molecule is Cn1cccc1[C@@H](O)CNc1nc(CN2CCOCC2)nc2scc(-c3ccccc3)c12. The number of fused-ring (bicyclic) bond motifs is 1. The van der Waals surface area contributed by atoms with E-state index in [-0.39, 0.29) is 0 Å². The van der Waals surface area contributed by atoms with Crippen molar-refractivity contribution >= 4 is 27.4 Å². The Morgan fingerprint density at radius 1 is 1.12 bits per heavy atom. The Morgan fingerprint density at radius 3 is 2.69 bits per heavy atom. The highest BCUT2D eigenvalue weighted by atomic mass is 32.1. The van der Waals surface area contributed by atoms with Gasteiger partial charge in [-0.05, 0) is 17.7 Å². The van der Waals surface area contributed by atoms with Gasteiger partial charge in [0.15, 0.2) is 0 Å². The zero-order chi connectivity index (χ0) is 21.9. The van der Waals surface area contributed by atoms with Gasteiger partial charge in [0.1, 0.15) is 22.6 Å². The fourth-order valence-electron chi connectivity index (χ4n) is 4.09. The van der Waals surface area contributed by atoms with E-state index in [1.54, 1.807) is 11.3 Å². The molecular weight excluding hydrogens is 422 g/mol. The Hall–Kier alpha value is -2.78. The molecule has 0 saturated carbocycles. The number of hydrogen-bond acceptors (Lipinski definition) is 7. The fraction of sp³-hybridized carbons (Fsp3) is 0.333. The predicted octanol–water partition coefficient (Wildman–Crippen LogP) is 3.67. The van der Waals surface area contributed by atoms with Crippen LogP contribution in [0.1, 0.15) is 17.6 Å². The molecule has 0 bridgehead atoms. The van der Waals surface area contributed by atoms with Gasteiger partial charge in [0.05, 0.1) is 25.1 Å². The van der Waals surface area contributed by atoms with E-state index in [0.717, 1.165) is 65.0 Å². The van der Waals surface area contributed by atoms with Crippen LogP contribution in [0.25, 0.3) is 21.3 Å². The molecule has 4 heterocycles. The molecule has 0 amide bonds. The maximum absolute atomic E-state index is 10.7. The van der Waals surface area contributed by atoms with Crippen molar-refractivity contribution in [2.45, 2.75) is 12.6 Å². The molecule has 1 atom stereocenters. The standard InChI is InChI=1S/C24H27N5O2S/c1-28-9-5-8-19(28)20(30)14-25-23-22-18(17-6-3-2-4-7-17)16-32-24(22)27-21(26-23)15-29-10-12-31-13-11-29/h2-9,16,20,30H,10-15H2,1H3,(H,25,26,27)/t20-/m0/s1. The second-order valence-corrected chi connectivity index (χ2v) is 8.87. The first kappa shape index (κ1) is 21.1. The smallest absolute Gasteiger partial charge is 0.146 e. The molecule has 166 valence electrons. The highest BCUT2D eigenvalue weighted by Gasteiger charge is 2.19. The summed E-state index contributed by atoms with van der Waals surface area (Å²) in [6.07, 6.45) is 1.30. The van der Waals surface area contributed by atoms with Crippen LogP contribution in [0.2, 0.25) is 0 Å². The van der Waals surface area contributed by atoms with Crippen LogP contribution in [-0.2, 0) is 18.3 Å². The van der Waals surface area contributed by atoms with Gasteiger partial charge in [-0.1, -0.05) is 30.3 Å². The lowest BCUT2D eigenvalue weighted by atomic mass is 10.1. The Morgan fingerprint density at radius 2 is 1.94 bits per heavy atom. The number of aryl methyl sites for hydroxylation is 1. The van der Waals surface area contributed by atoms with Crippen molar-refractivity contribution in [3.8, 4) is 11.1 Å². The summed E-state index contributed by atoms with van der Waals surface area (Å²) in [7, 11) is 1.94. The summed E-state index contributed by atoms with van der Waals surface area (Å²) in [6, 6.07) is 14.2. The van der Waals surface area contributed by atoms with E-state index in [0.29, 0.717) is 13.1 Å². The van der Waals surface area contributed by atoms with Gasteiger partial charge in [-0.15, -0.1) is 11.3 Å². The number of anilines is 1. The number of aliphatic hydroxyl groups excluding tert-OH is 1. The minimum Gasteiger partial charge on any atom is -0.385 e. The third kappa shape index (κ3) is 4.40. The highest BCUT2D eigenvalue weighted by molar-refractivity contribution is 7.17. The molecule has 0 unspecified atom stereocenters. The molecule has 7 nitrogen and oxygen atoms in total. The number of morpholine rings is 1. The monoisotopic (exact) mass is 449 g/mol. The number of ether oxygens (including phenoxy) is 1. The third-order valence-electron chi connectivity index (χ3n) is 5.82. The largest absolute Gasteiger partial charge is 0.385 e. The number of aliphatic hydroxyl groups is 1. The van der Waals surface area contributed by atoms with Gasteiger partial charge in [0, 0.05) is 49.5 Å². The molecule has 0 radical (unpaired) electrons. The molecule has 1 aromatic carbocycles. The average molecular weight is 450 g/mol. The molecule has 1 saturated heterocycles. The van der Waals surface area contributed by atoms with Crippen LogP contribution >= 0.6 is 11.3 Å². The molecule has 4 aromatic rings. The lowest BCUT2D eigenvalue weighted by molar-refractivity contribution is 0.0331. The lowest BCUT2D eigenvalue weighted by Gasteiger charge is -2.26. The van der Waals surface area contributed by atoms with E-state index in [9.17, 15) is 5.11 Å². The van der Waals surface area contributed by atoms with Crippen molar-refractivity contribution in [3.05, 3.63) is 65.6 Å². The summed E-state index contributed by atoms with van der Waals surface area (Å²) < 4.78 is 7.41. The second-order valence-electron chi connectivity index (χ2n) is 8.01. The number of benzene rings is 1. The Balaban J connectivity index is 1.49. The van der Waals surface area contributed by atoms with Crippen molar-refractivity contribution < 1.29 is 9.84 Å². The van der Waals surface area contributed by atoms with Gasteiger partial charge in [-0.2, -0.15) is 0 Å². The van der Waals surface area contributed by atoms with Crippen LogP contribution in [0.4, 0.5) is 5.82 Å². The molecule has 32 heavy (non-hydrogen) atoms. The van der Waals surface area contributed by atoms with E-state index in [2.05, 4.69) is 27.7 Å². The summed E-state index contributed by atoms with van der Waals surface area (Å²) in [5, 5.41) is 17.3. The lowest BCUT2D eigenvalue weighted by Crippen LogP contribution is -2.36. The molecule has 8 heteroatoms. The molecule has 1 aliphatic rings. The maximum atomic E-state index is 10.7. The first-order valence-corrected chi connectivity index (χ1v) is 11.7. The van der Waals surface area contributed by atoms with E-state index >= 15 is 0 Å². The van der Waals surface area contributed by atoms with Crippen molar-refractivity contribution in [3.63, 3.8) is 0 Å². The topological polar surface area (TPSA) is 75.4 Å². The number of nitrogens with one attached hydrogen (secondary N) is 1. The van der Waals surface area contributed by atoms with E-state index in [1.165, 1.54) is 0 Å². The molecule has 1 aliphatic heterocycles. The van der Waals surface area contributed by atoms with Gasteiger partial charge >= 0.3 is 0 Å². The summed E-state index contributed by atoms with van der Waals surface area (Å²) in [6.45, 7) is 4.31. The molecule has 0 spiro atoms. The van der Waals surface area contributed by atoms with Crippen LogP contribution in [-0.4, -0.2) is 57.4 Å². The first-order chi connectivity index (χ1) is 15.7. The first-order valence-electron chi connectivity index (χ1n) is 10.9. The molecule has 5 rings (SSSR count). The van der Waals surface area contributed by atoms with Gasteiger partial charge in [0.2, 0.25) is 0 Å². The number of rotatable bonds is 7. The zero-order valence-electron chi connectivity index (χ0n) is 18.1. The molecule has 2 N–H and O–H groups in total. The van der Waals surface area contributed by atoms with Crippen molar-refractivity contribution in [1.29, 1.82) is 0 Å². The normalized spacial score (nSPS) is 15.8. The Kier molecular flexibility index (Phi) is 6.18. The molecular formula is C24H27N5O2S. The van der Waals surface area contributed by atoms with E-state index < -0.39 is 6.10 Å². The van der Waals surface area contributed by atoms with Gasteiger partial charge in [-0.25, -0.2) is 9.97 Å². The number of hydrogen-bond donors (Lipinski definition) is 2. The van der Waals surface area contributed by atoms with Gasteiger partial charge < -0.3 is 19.7 Å². The van der Waals surface area contributed by atoms with Crippen LogP contribution in [0.3, 0.4) is 0 Å². The average Bonchev–Trinajstić information content (AvgIpc) is 3.45. The molecule has 0 aliphatic carbocycles. The fourth-order valence-corrected chi connectivity index (χ4v) is 5.06. The second kappa shape index (κ2) is 9.38. The predicted molar refractivity (Wildman–Crippen MR) is 128 cm³/mol. The number of nitrogens with zero attached hydrogens (tertiary/aromatic N) is 4. The Labute approximate surface area is 191 Å². The number of aromatic nitrogens is 3. The van der Waals surface area contributed by atoms with Crippen LogP contribution in [0.5, 0.6) is 0 Å². The highest BCUT2D eigenvalue weighted by Crippen LogP contribution is 2.37. The molecule has 3 aromatic heterocycles. The summed E-state index contributed by atoms with van der Waals surface area (Å²) >= 11 is 1.63. The quantitative estimate of drug-likeness (QED) is 0.448. The molecule has 1 fully saturated rings. The minimum atomic E-state index is -0.637. The van der Waals surface area contributed by atoms with E-state index in [1.807, 2.05) is 48.1 Å². The van der Waals surface area contributed by atoms with Crippen molar-refractivity contribution in [1.82, 2.24) is 19.4 Å². The van der Waals surface area contributed by atoms with Gasteiger partial charge in [0.25, 0.3) is 0 Å². The van der Waals surface area contributed by atoms with Crippen LogP contribution in [0, 0.1) is 0 Å². The van der Waals surface area contributed by atoms with Crippen LogP contribution < -0.4 is 5.32 Å². The summed E-state index contributed by atoms with van der Waals surface area (Å²) in [5.74, 6) is 1.56. The Bertz CT molecular complexity index is 1180.